The van der Waals surface area contributed by atoms with E-state index in [1.54, 1.807) is 43.3 Å². The average Bonchev–Trinajstić information content (AvgIpc) is 2.29. The van der Waals surface area contributed by atoms with Gasteiger partial charge in [0, 0.05) is 20.7 Å². The van der Waals surface area contributed by atoms with Gasteiger partial charge in [0.15, 0.2) is 0 Å². The van der Waals surface area contributed by atoms with Crippen molar-refractivity contribution in [2.45, 2.75) is 13.0 Å². The number of nitrogens with zero attached hydrogens (tertiary/aromatic N) is 1. The van der Waals surface area contributed by atoms with Crippen molar-refractivity contribution in [3.63, 3.8) is 0 Å². The summed E-state index contributed by atoms with van der Waals surface area (Å²) >= 11 is 0. The Labute approximate surface area is 95.5 Å². The minimum Gasteiger partial charge on any atom is -0.508 e. The van der Waals surface area contributed by atoms with Crippen LogP contribution in [0.3, 0.4) is 0 Å². The maximum Gasteiger partial charge on any atom is 0.224 e. The van der Waals surface area contributed by atoms with E-state index in [4.69, 9.17) is 9.84 Å². The van der Waals surface area contributed by atoms with E-state index in [0.717, 1.165) is 5.56 Å². The third-order valence-corrected chi connectivity index (χ3v) is 2.30. The number of aromatic hydroxyl groups is 1. The highest BCUT2D eigenvalue weighted by Gasteiger charge is 2.08. The minimum absolute atomic E-state index is 0.0509. The zero-order chi connectivity index (χ0) is 12.0. The summed E-state index contributed by atoms with van der Waals surface area (Å²) in [4.78, 5) is 13.2. The van der Waals surface area contributed by atoms with Gasteiger partial charge in [0.2, 0.25) is 5.91 Å². The number of phenols is 1. The van der Waals surface area contributed by atoms with Crippen molar-refractivity contribution in [3.05, 3.63) is 29.8 Å². The lowest BCUT2D eigenvalue weighted by Gasteiger charge is -2.17. The van der Waals surface area contributed by atoms with Gasteiger partial charge in [0.25, 0.3) is 0 Å². The molecule has 1 rings (SSSR count). The van der Waals surface area contributed by atoms with Crippen molar-refractivity contribution in [3.8, 4) is 5.75 Å². The van der Waals surface area contributed by atoms with Gasteiger partial charge < -0.3 is 14.7 Å². The Balaban J connectivity index is 2.47. The van der Waals surface area contributed by atoms with E-state index < -0.39 is 0 Å². The first-order chi connectivity index (χ1) is 7.63. The van der Waals surface area contributed by atoms with Crippen LogP contribution in [0.5, 0.6) is 5.75 Å². The van der Waals surface area contributed by atoms with Crippen LogP contribution in [0, 0.1) is 0 Å². The van der Waals surface area contributed by atoms with E-state index in [9.17, 15) is 4.79 Å². The lowest BCUT2D eigenvalue weighted by atomic mass is 10.2. The fraction of sp³-hybridized carbons (Fsp3) is 0.417. The van der Waals surface area contributed by atoms with Crippen molar-refractivity contribution >= 4 is 5.91 Å². The zero-order valence-corrected chi connectivity index (χ0v) is 9.64. The summed E-state index contributed by atoms with van der Waals surface area (Å²) in [5.74, 6) is 0.284. The van der Waals surface area contributed by atoms with Crippen molar-refractivity contribution in [2.75, 3.05) is 20.8 Å². The van der Waals surface area contributed by atoms with E-state index in [1.807, 2.05) is 0 Å². The van der Waals surface area contributed by atoms with E-state index >= 15 is 0 Å². The molecule has 1 aromatic rings. The molecule has 0 aliphatic heterocycles. The van der Waals surface area contributed by atoms with Gasteiger partial charge in [0.05, 0.1) is 13.0 Å². The smallest absolute Gasteiger partial charge is 0.224 e. The molecule has 0 aliphatic carbocycles. The number of phenolic OH excluding ortho intramolecular Hbond substituents is 1. The Hall–Kier alpha value is -1.55. The summed E-state index contributed by atoms with van der Waals surface area (Å²) < 4.78 is 4.85. The molecule has 0 radical (unpaired) electrons. The SMILES string of the molecule is COCCC(=O)N(C)Cc1ccc(O)cc1. The summed E-state index contributed by atoms with van der Waals surface area (Å²) in [5.41, 5.74) is 0.992. The van der Waals surface area contributed by atoms with Crippen molar-refractivity contribution in [1.29, 1.82) is 0 Å². The van der Waals surface area contributed by atoms with E-state index in [2.05, 4.69) is 0 Å². The molecule has 0 unspecified atom stereocenters. The molecular formula is C12H17NO3. The summed E-state index contributed by atoms with van der Waals surface area (Å²) in [6, 6.07) is 6.83. The number of hydrogen-bond acceptors (Lipinski definition) is 3. The van der Waals surface area contributed by atoms with E-state index in [1.165, 1.54) is 0 Å². The first-order valence-electron chi connectivity index (χ1n) is 5.14. The summed E-state index contributed by atoms with van der Waals surface area (Å²) in [6.07, 6.45) is 0.394. The second-order valence-electron chi connectivity index (χ2n) is 3.66. The molecule has 0 heterocycles. The van der Waals surface area contributed by atoms with Crippen LogP contribution in [-0.4, -0.2) is 36.7 Å². The molecule has 0 fully saturated rings. The molecule has 0 bridgehead atoms. The van der Waals surface area contributed by atoms with Crippen molar-refractivity contribution in [2.24, 2.45) is 0 Å². The Morgan fingerprint density at radius 2 is 2.00 bits per heavy atom. The Morgan fingerprint density at radius 3 is 2.56 bits per heavy atom. The first-order valence-corrected chi connectivity index (χ1v) is 5.14. The lowest BCUT2D eigenvalue weighted by Crippen LogP contribution is -2.26. The number of methoxy groups -OCH3 is 1. The molecule has 0 saturated heterocycles. The van der Waals surface area contributed by atoms with Gasteiger partial charge in [-0.25, -0.2) is 0 Å². The van der Waals surface area contributed by atoms with Crippen molar-refractivity contribution < 1.29 is 14.6 Å². The summed E-state index contributed by atoms with van der Waals surface area (Å²) in [7, 11) is 3.33. The van der Waals surface area contributed by atoms with Crippen molar-refractivity contribution in [1.82, 2.24) is 4.90 Å². The quantitative estimate of drug-likeness (QED) is 0.820. The minimum atomic E-state index is 0.0509. The van der Waals surface area contributed by atoms with Gasteiger partial charge in [0.1, 0.15) is 5.75 Å². The molecular weight excluding hydrogens is 206 g/mol. The average molecular weight is 223 g/mol. The highest BCUT2D eigenvalue weighted by Crippen LogP contribution is 2.11. The standard InChI is InChI=1S/C12H17NO3/c1-13(12(15)7-8-16-2)9-10-3-5-11(14)6-4-10/h3-6,14H,7-9H2,1-2H3. The molecule has 4 heteroatoms. The Morgan fingerprint density at radius 1 is 1.38 bits per heavy atom. The van der Waals surface area contributed by atoms with E-state index in [0.29, 0.717) is 19.6 Å². The molecule has 1 amide bonds. The molecule has 16 heavy (non-hydrogen) atoms. The third-order valence-electron chi connectivity index (χ3n) is 2.30. The second kappa shape index (κ2) is 6.12. The summed E-state index contributed by atoms with van der Waals surface area (Å²) in [5, 5.41) is 9.12. The highest BCUT2D eigenvalue weighted by atomic mass is 16.5. The second-order valence-corrected chi connectivity index (χ2v) is 3.66. The topological polar surface area (TPSA) is 49.8 Å². The predicted octanol–water partition coefficient (Wildman–Crippen LogP) is 1.39. The number of amides is 1. The number of benzene rings is 1. The fourth-order valence-corrected chi connectivity index (χ4v) is 1.34. The van der Waals surface area contributed by atoms with Crippen LogP contribution >= 0.6 is 0 Å². The maximum absolute atomic E-state index is 11.6. The molecule has 0 atom stereocenters. The third kappa shape index (κ3) is 3.90. The molecule has 0 aromatic heterocycles. The van der Waals surface area contributed by atoms with Crippen LogP contribution in [0.15, 0.2) is 24.3 Å². The molecule has 0 aliphatic rings. The highest BCUT2D eigenvalue weighted by molar-refractivity contribution is 5.75. The van der Waals surface area contributed by atoms with Gasteiger partial charge in [-0.3, -0.25) is 4.79 Å². The monoisotopic (exact) mass is 223 g/mol. The van der Waals surface area contributed by atoms with Crippen LogP contribution in [0.2, 0.25) is 0 Å². The maximum atomic E-state index is 11.6. The molecule has 0 spiro atoms. The predicted molar refractivity (Wildman–Crippen MR) is 61.1 cm³/mol. The van der Waals surface area contributed by atoms with Crippen LogP contribution in [0.25, 0.3) is 0 Å². The normalized spacial score (nSPS) is 10.1. The number of rotatable bonds is 5. The van der Waals surface area contributed by atoms with Crippen LogP contribution in [0.1, 0.15) is 12.0 Å². The molecule has 1 aromatic carbocycles. The van der Waals surface area contributed by atoms with Crippen LogP contribution in [0.4, 0.5) is 0 Å². The number of carbonyl (C=O) groups is 1. The van der Waals surface area contributed by atoms with Crippen LogP contribution in [-0.2, 0) is 16.1 Å². The molecule has 88 valence electrons. The van der Waals surface area contributed by atoms with Gasteiger partial charge in [-0.15, -0.1) is 0 Å². The fourth-order valence-electron chi connectivity index (χ4n) is 1.34. The van der Waals surface area contributed by atoms with Gasteiger partial charge in [-0.1, -0.05) is 12.1 Å². The Bertz CT molecular complexity index is 335. The first kappa shape index (κ1) is 12.5. The molecule has 0 saturated carbocycles. The van der Waals surface area contributed by atoms with E-state index in [-0.39, 0.29) is 11.7 Å². The Kier molecular flexibility index (Phi) is 4.79. The van der Waals surface area contributed by atoms with Gasteiger partial charge in [-0.05, 0) is 17.7 Å². The number of carbonyl (C=O) groups excluding carboxylic acids is 1. The largest absolute Gasteiger partial charge is 0.508 e. The summed E-state index contributed by atoms with van der Waals surface area (Å²) in [6.45, 7) is 0.988. The van der Waals surface area contributed by atoms with Crippen LogP contribution < -0.4 is 0 Å². The number of hydrogen-bond donors (Lipinski definition) is 1. The zero-order valence-electron chi connectivity index (χ0n) is 9.64. The molecule has 1 N–H and O–H groups in total. The number of ether oxygens (including phenoxy) is 1. The lowest BCUT2D eigenvalue weighted by molar-refractivity contribution is -0.131. The molecule has 4 nitrogen and oxygen atoms in total. The van der Waals surface area contributed by atoms with Gasteiger partial charge in [-0.2, -0.15) is 0 Å². The van der Waals surface area contributed by atoms with Gasteiger partial charge >= 0.3 is 0 Å².